The maximum atomic E-state index is 11.5. The van der Waals surface area contributed by atoms with Crippen molar-refractivity contribution in [2.75, 3.05) is 6.61 Å². The molecule has 122 valence electrons. The van der Waals surface area contributed by atoms with Crippen molar-refractivity contribution in [2.45, 2.75) is 30.4 Å². The van der Waals surface area contributed by atoms with Crippen molar-refractivity contribution >= 4 is 35.0 Å². The summed E-state index contributed by atoms with van der Waals surface area (Å²) in [5, 5.41) is 9.16. The summed E-state index contributed by atoms with van der Waals surface area (Å²) in [6.45, 7) is 3.98. The molecule has 2 aromatic heterocycles. The molecule has 0 radical (unpaired) electrons. The predicted molar refractivity (Wildman–Crippen MR) is 87.9 cm³/mol. The highest BCUT2D eigenvalue weighted by molar-refractivity contribution is 8.00. The van der Waals surface area contributed by atoms with Gasteiger partial charge < -0.3 is 9.84 Å². The summed E-state index contributed by atoms with van der Waals surface area (Å²) in [5.74, 6) is -0.779. The molecule has 0 spiro atoms. The van der Waals surface area contributed by atoms with E-state index in [0.717, 1.165) is 14.9 Å². The molecule has 0 aromatic carbocycles. The van der Waals surface area contributed by atoms with Crippen LogP contribution >= 0.6 is 23.1 Å². The lowest BCUT2D eigenvalue weighted by Gasteiger charge is -2.03. The quantitative estimate of drug-likeness (QED) is 0.605. The van der Waals surface area contributed by atoms with Crippen molar-refractivity contribution in [3.8, 4) is 0 Å². The average Bonchev–Trinajstić information content (AvgIpc) is 2.85. The van der Waals surface area contributed by atoms with Crippen molar-refractivity contribution in [3.63, 3.8) is 0 Å². The van der Waals surface area contributed by atoms with Crippen LogP contribution in [-0.4, -0.2) is 33.6 Å². The summed E-state index contributed by atoms with van der Waals surface area (Å²) in [7, 11) is 0. The second kappa shape index (κ2) is 8.07. The molecule has 0 saturated heterocycles. The summed E-state index contributed by atoms with van der Waals surface area (Å²) >= 11 is 2.86. The van der Waals surface area contributed by atoms with Gasteiger partial charge in [-0.25, -0.2) is 9.78 Å². The van der Waals surface area contributed by atoms with Crippen molar-refractivity contribution in [1.82, 2.24) is 9.97 Å². The van der Waals surface area contributed by atoms with Gasteiger partial charge in [0.2, 0.25) is 0 Å². The largest absolute Gasteiger partial charge is 0.478 e. The van der Waals surface area contributed by atoms with Crippen LogP contribution in [0.4, 0.5) is 0 Å². The van der Waals surface area contributed by atoms with E-state index in [9.17, 15) is 9.59 Å². The Bertz CT molecular complexity index is 715. The highest BCUT2D eigenvalue weighted by Crippen LogP contribution is 2.30. The van der Waals surface area contributed by atoms with Gasteiger partial charge in [0.15, 0.2) is 4.34 Å². The molecule has 1 N–H and O–H groups in total. The van der Waals surface area contributed by atoms with Crippen LogP contribution in [0.15, 0.2) is 22.8 Å². The molecule has 2 heterocycles. The first-order valence-corrected chi connectivity index (χ1v) is 8.72. The molecule has 23 heavy (non-hydrogen) atoms. The zero-order valence-corrected chi connectivity index (χ0v) is 14.4. The number of carbonyl (C=O) groups excluding carboxylic acids is 1. The molecule has 0 amide bonds. The Balaban J connectivity index is 2.05. The molecule has 0 saturated carbocycles. The summed E-state index contributed by atoms with van der Waals surface area (Å²) in [6, 6.07) is 1.48. The van der Waals surface area contributed by atoms with Crippen LogP contribution in [0.2, 0.25) is 0 Å². The Morgan fingerprint density at radius 2 is 2.22 bits per heavy atom. The molecular weight excluding hydrogens is 336 g/mol. The number of aromatic carboxylic acids is 1. The Morgan fingerprint density at radius 1 is 1.43 bits per heavy atom. The highest BCUT2D eigenvalue weighted by Gasteiger charge is 2.14. The predicted octanol–water partition coefficient (Wildman–Crippen LogP) is 2.94. The number of nitrogens with zero attached hydrogens (tertiary/aromatic N) is 2. The van der Waals surface area contributed by atoms with Crippen molar-refractivity contribution < 1.29 is 19.4 Å². The zero-order valence-electron chi connectivity index (χ0n) is 12.7. The first-order valence-electron chi connectivity index (χ1n) is 6.92. The van der Waals surface area contributed by atoms with Gasteiger partial charge in [-0.2, -0.15) is 0 Å². The zero-order chi connectivity index (χ0) is 16.8. The van der Waals surface area contributed by atoms with Gasteiger partial charge >= 0.3 is 11.9 Å². The lowest BCUT2D eigenvalue weighted by atomic mass is 10.2. The molecule has 2 rings (SSSR count). The van der Waals surface area contributed by atoms with E-state index in [2.05, 4.69) is 9.97 Å². The van der Waals surface area contributed by atoms with Gasteiger partial charge in [-0.1, -0.05) is 11.8 Å². The van der Waals surface area contributed by atoms with E-state index in [1.807, 2.05) is 6.92 Å². The number of carbonyl (C=O) groups is 2. The minimum atomic E-state index is -0.971. The van der Waals surface area contributed by atoms with E-state index in [1.54, 1.807) is 13.1 Å². The number of rotatable bonds is 7. The fraction of sp³-hybridized carbons (Fsp3) is 0.333. The first kappa shape index (κ1) is 17.4. The highest BCUT2D eigenvalue weighted by atomic mass is 32.2. The fourth-order valence-corrected chi connectivity index (χ4v) is 4.06. The number of esters is 1. The van der Waals surface area contributed by atoms with E-state index in [-0.39, 0.29) is 18.0 Å². The lowest BCUT2D eigenvalue weighted by molar-refractivity contribution is -0.142. The van der Waals surface area contributed by atoms with Crippen molar-refractivity contribution in [3.05, 3.63) is 40.2 Å². The maximum Gasteiger partial charge on any atom is 0.336 e. The molecule has 0 unspecified atom stereocenters. The number of hydrogen-bond acceptors (Lipinski definition) is 7. The van der Waals surface area contributed by atoms with Crippen LogP contribution in [0, 0.1) is 6.92 Å². The van der Waals surface area contributed by atoms with Gasteiger partial charge in [0.05, 0.1) is 24.3 Å². The lowest BCUT2D eigenvalue weighted by Crippen LogP contribution is -2.07. The van der Waals surface area contributed by atoms with Gasteiger partial charge in [0.1, 0.15) is 0 Å². The van der Waals surface area contributed by atoms with Gasteiger partial charge in [-0.05, 0) is 25.5 Å². The summed E-state index contributed by atoms with van der Waals surface area (Å²) in [4.78, 5) is 32.0. The van der Waals surface area contributed by atoms with E-state index < -0.39 is 5.97 Å². The summed E-state index contributed by atoms with van der Waals surface area (Å²) in [5.41, 5.74) is 1.69. The Kier molecular flexibility index (Phi) is 6.12. The Hall–Kier alpha value is -1.93. The number of hydrogen-bond donors (Lipinski definition) is 1. The number of thioether (sulfide) groups is 1. The molecule has 0 aliphatic rings. The van der Waals surface area contributed by atoms with Crippen molar-refractivity contribution in [1.29, 1.82) is 0 Å². The number of aryl methyl sites for hydroxylation is 1. The molecular formula is C15H16N2O4S2. The molecule has 0 bridgehead atoms. The number of aromatic nitrogens is 2. The monoisotopic (exact) mass is 352 g/mol. The Labute approximate surface area is 141 Å². The summed E-state index contributed by atoms with van der Waals surface area (Å²) in [6.07, 6.45) is 3.23. The molecule has 0 aliphatic heterocycles. The van der Waals surface area contributed by atoms with Gasteiger partial charge in [-0.3, -0.25) is 9.78 Å². The molecule has 0 atom stereocenters. The number of pyridine rings is 1. The minimum absolute atomic E-state index is 0.213. The standard InChI is InChI=1S/C15H16N2O4S2/c1-3-21-13(18)6-12-9(2)17-15(23-12)22-8-10-7-16-5-4-11(10)14(19)20/h4-5,7H,3,6,8H2,1-2H3,(H,19,20). The second-order valence-corrected chi connectivity index (χ2v) is 6.90. The number of carboxylic acids is 1. The van der Waals surface area contributed by atoms with E-state index >= 15 is 0 Å². The molecule has 0 fully saturated rings. The SMILES string of the molecule is CCOC(=O)Cc1sc(SCc2cnccc2C(=O)O)nc1C. The van der Waals surface area contributed by atoms with E-state index in [1.165, 1.54) is 35.4 Å². The topological polar surface area (TPSA) is 89.4 Å². The molecule has 6 nitrogen and oxygen atoms in total. The third-order valence-corrected chi connectivity index (χ3v) is 5.32. The fourth-order valence-electron chi connectivity index (χ4n) is 1.86. The summed E-state index contributed by atoms with van der Waals surface area (Å²) < 4.78 is 5.73. The molecule has 8 heteroatoms. The first-order chi connectivity index (χ1) is 11.0. The smallest absolute Gasteiger partial charge is 0.336 e. The maximum absolute atomic E-state index is 11.5. The van der Waals surface area contributed by atoms with Crippen LogP contribution in [-0.2, 0) is 21.7 Å². The molecule has 0 aliphatic carbocycles. The van der Waals surface area contributed by atoms with Crippen LogP contribution in [0.25, 0.3) is 0 Å². The number of thiazole rings is 1. The van der Waals surface area contributed by atoms with Crippen LogP contribution in [0.3, 0.4) is 0 Å². The second-order valence-electron chi connectivity index (χ2n) is 4.60. The third kappa shape index (κ3) is 4.77. The number of ether oxygens (including phenoxy) is 1. The number of carboxylic acid groups (broad SMARTS) is 1. The van der Waals surface area contributed by atoms with Crippen LogP contribution < -0.4 is 0 Å². The van der Waals surface area contributed by atoms with Crippen LogP contribution in [0.5, 0.6) is 0 Å². The van der Waals surface area contributed by atoms with Gasteiger partial charge in [0.25, 0.3) is 0 Å². The Morgan fingerprint density at radius 3 is 2.91 bits per heavy atom. The van der Waals surface area contributed by atoms with Gasteiger partial charge in [0, 0.05) is 23.0 Å². The normalized spacial score (nSPS) is 10.5. The van der Waals surface area contributed by atoms with Crippen LogP contribution in [0.1, 0.15) is 33.4 Å². The van der Waals surface area contributed by atoms with Crippen molar-refractivity contribution in [2.24, 2.45) is 0 Å². The van der Waals surface area contributed by atoms with Gasteiger partial charge in [-0.15, -0.1) is 11.3 Å². The molecule has 2 aromatic rings. The minimum Gasteiger partial charge on any atom is -0.478 e. The van der Waals surface area contributed by atoms with E-state index in [0.29, 0.717) is 17.9 Å². The average molecular weight is 352 g/mol. The third-order valence-electron chi connectivity index (χ3n) is 2.97. The van der Waals surface area contributed by atoms with E-state index in [4.69, 9.17) is 9.84 Å².